The molecule has 0 spiro atoms. The number of phenolic OH excluding ortho intramolecular Hbond substituents is 1. The summed E-state index contributed by atoms with van der Waals surface area (Å²) in [5.41, 5.74) is 9.97. The molecular weight excluding hydrogens is 184 g/mol. The third-order valence-corrected chi connectivity index (χ3v) is 2.04. The van der Waals surface area contributed by atoms with Gasteiger partial charge in [0.15, 0.2) is 0 Å². The van der Waals surface area contributed by atoms with Gasteiger partial charge in [0, 0.05) is 11.3 Å². The van der Waals surface area contributed by atoms with E-state index < -0.39 is 11.5 Å². The summed E-state index contributed by atoms with van der Waals surface area (Å²) < 4.78 is 0. The number of carboxylic acids is 1. The summed E-state index contributed by atoms with van der Waals surface area (Å²) in [6.45, 7) is 1.32. The van der Waals surface area contributed by atoms with Crippen LogP contribution in [0.5, 0.6) is 5.75 Å². The van der Waals surface area contributed by atoms with Crippen LogP contribution in [-0.2, 0) is 10.3 Å². The van der Waals surface area contributed by atoms with Crippen molar-refractivity contribution in [3.63, 3.8) is 0 Å². The Morgan fingerprint density at radius 2 is 2.07 bits per heavy atom. The van der Waals surface area contributed by atoms with Crippen molar-refractivity contribution in [1.82, 2.24) is 0 Å². The summed E-state index contributed by atoms with van der Waals surface area (Å²) in [7, 11) is 0. The zero-order valence-corrected chi connectivity index (χ0v) is 7.69. The fourth-order valence-corrected chi connectivity index (χ4v) is 1.11. The van der Waals surface area contributed by atoms with E-state index in [1.54, 1.807) is 0 Å². The van der Waals surface area contributed by atoms with E-state index in [9.17, 15) is 9.90 Å². The Morgan fingerprint density at radius 1 is 1.50 bits per heavy atom. The summed E-state index contributed by atoms with van der Waals surface area (Å²) >= 11 is 0. The lowest BCUT2D eigenvalue weighted by molar-refractivity contribution is -0.143. The molecule has 0 heterocycles. The number of hydrogen-bond acceptors (Lipinski definition) is 4. The second-order valence-electron chi connectivity index (χ2n) is 3.28. The van der Waals surface area contributed by atoms with Crippen LogP contribution in [0.1, 0.15) is 12.5 Å². The maximum Gasteiger partial charge on any atom is 0.328 e. The smallest absolute Gasteiger partial charge is 0.328 e. The molecule has 5 heteroatoms. The number of benzene rings is 1. The summed E-state index contributed by atoms with van der Waals surface area (Å²) in [5.74, 6) is -1.26. The zero-order valence-electron chi connectivity index (χ0n) is 7.69. The van der Waals surface area contributed by atoms with Gasteiger partial charge in [-0.3, -0.25) is 0 Å². The topological polar surface area (TPSA) is 110 Å². The van der Waals surface area contributed by atoms with E-state index in [-0.39, 0.29) is 17.0 Å². The van der Waals surface area contributed by atoms with Crippen molar-refractivity contribution in [2.24, 2.45) is 5.73 Å². The number of phenols is 1. The predicted molar refractivity (Wildman–Crippen MR) is 51.7 cm³/mol. The fraction of sp³-hybridized carbons (Fsp3) is 0.222. The molecule has 0 amide bonds. The Balaban J connectivity index is 3.31. The van der Waals surface area contributed by atoms with Gasteiger partial charge < -0.3 is 21.7 Å². The second-order valence-corrected chi connectivity index (χ2v) is 3.28. The lowest BCUT2D eigenvalue weighted by Gasteiger charge is -2.21. The maximum atomic E-state index is 10.8. The van der Waals surface area contributed by atoms with Gasteiger partial charge in [0.2, 0.25) is 0 Å². The Morgan fingerprint density at radius 3 is 2.57 bits per heavy atom. The Kier molecular flexibility index (Phi) is 2.35. The lowest BCUT2D eigenvalue weighted by atomic mass is 9.92. The van der Waals surface area contributed by atoms with Gasteiger partial charge in [-0.1, -0.05) is 0 Å². The van der Waals surface area contributed by atoms with E-state index in [2.05, 4.69) is 0 Å². The molecule has 0 saturated heterocycles. The first-order chi connectivity index (χ1) is 6.35. The molecule has 0 radical (unpaired) electrons. The van der Waals surface area contributed by atoms with Crippen molar-refractivity contribution in [2.75, 3.05) is 5.73 Å². The average molecular weight is 196 g/mol. The number of carbonyl (C=O) groups is 1. The number of nitrogen functional groups attached to an aromatic ring is 1. The van der Waals surface area contributed by atoms with Crippen molar-refractivity contribution >= 4 is 11.7 Å². The zero-order chi connectivity index (χ0) is 10.9. The van der Waals surface area contributed by atoms with Crippen LogP contribution < -0.4 is 11.5 Å². The Hall–Kier alpha value is -1.75. The van der Waals surface area contributed by atoms with Gasteiger partial charge in [-0.2, -0.15) is 0 Å². The third kappa shape index (κ3) is 1.62. The van der Waals surface area contributed by atoms with Crippen molar-refractivity contribution in [2.45, 2.75) is 12.5 Å². The van der Waals surface area contributed by atoms with Crippen molar-refractivity contribution < 1.29 is 15.0 Å². The van der Waals surface area contributed by atoms with E-state index in [0.29, 0.717) is 0 Å². The van der Waals surface area contributed by atoms with Gasteiger partial charge >= 0.3 is 5.97 Å². The molecule has 1 atom stereocenters. The molecular formula is C9H12N2O3. The number of aromatic hydroxyl groups is 1. The van der Waals surface area contributed by atoms with E-state index in [1.165, 1.54) is 25.1 Å². The van der Waals surface area contributed by atoms with Crippen LogP contribution in [0.2, 0.25) is 0 Å². The first-order valence-electron chi connectivity index (χ1n) is 3.97. The summed E-state index contributed by atoms with van der Waals surface area (Å²) in [6.07, 6.45) is 0. The van der Waals surface area contributed by atoms with Gasteiger partial charge in [-0.25, -0.2) is 4.79 Å². The third-order valence-electron chi connectivity index (χ3n) is 2.04. The molecule has 0 bridgehead atoms. The molecule has 5 nitrogen and oxygen atoms in total. The molecule has 0 aromatic heterocycles. The molecule has 0 aliphatic carbocycles. The van der Waals surface area contributed by atoms with E-state index in [0.717, 1.165) is 0 Å². The minimum Gasteiger partial charge on any atom is -0.508 e. The van der Waals surface area contributed by atoms with Crippen LogP contribution in [0.4, 0.5) is 5.69 Å². The van der Waals surface area contributed by atoms with Crippen LogP contribution in [0.15, 0.2) is 18.2 Å². The summed E-state index contributed by atoms with van der Waals surface area (Å²) in [6, 6.07) is 4.04. The SMILES string of the molecule is C[C@@](N)(C(=O)O)c1cc(O)ccc1N. The largest absolute Gasteiger partial charge is 0.508 e. The lowest BCUT2D eigenvalue weighted by Crippen LogP contribution is -2.42. The van der Waals surface area contributed by atoms with Gasteiger partial charge in [-0.05, 0) is 25.1 Å². The quantitative estimate of drug-likeness (QED) is 0.400. The van der Waals surface area contributed by atoms with Crippen LogP contribution in [0, 0.1) is 0 Å². The summed E-state index contributed by atoms with van der Waals surface area (Å²) in [4.78, 5) is 10.8. The molecule has 14 heavy (non-hydrogen) atoms. The average Bonchev–Trinajstić information content (AvgIpc) is 2.08. The van der Waals surface area contributed by atoms with Crippen molar-refractivity contribution in [3.8, 4) is 5.75 Å². The van der Waals surface area contributed by atoms with Crippen LogP contribution in [0.25, 0.3) is 0 Å². The van der Waals surface area contributed by atoms with Crippen molar-refractivity contribution in [1.29, 1.82) is 0 Å². The number of hydrogen-bond donors (Lipinski definition) is 4. The van der Waals surface area contributed by atoms with Crippen LogP contribution in [-0.4, -0.2) is 16.2 Å². The Bertz CT molecular complexity index is 374. The highest BCUT2D eigenvalue weighted by Gasteiger charge is 2.32. The molecule has 0 aliphatic rings. The first-order valence-corrected chi connectivity index (χ1v) is 3.97. The number of carboxylic acid groups (broad SMARTS) is 1. The molecule has 6 N–H and O–H groups in total. The number of nitrogens with two attached hydrogens (primary N) is 2. The van der Waals surface area contributed by atoms with Gasteiger partial charge in [0.1, 0.15) is 11.3 Å². The molecule has 0 fully saturated rings. The van der Waals surface area contributed by atoms with Crippen molar-refractivity contribution in [3.05, 3.63) is 23.8 Å². The second kappa shape index (κ2) is 3.19. The molecule has 0 unspecified atom stereocenters. The summed E-state index contributed by atoms with van der Waals surface area (Å²) in [5, 5.41) is 18.0. The maximum absolute atomic E-state index is 10.8. The molecule has 76 valence electrons. The van der Waals surface area contributed by atoms with E-state index in [4.69, 9.17) is 16.6 Å². The van der Waals surface area contributed by atoms with Gasteiger partial charge in [0.05, 0.1) is 0 Å². The highest BCUT2D eigenvalue weighted by molar-refractivity contribution is 5.82. The molecule has 0 aliphatic heterocycles. The monoisotopic (exact) mass is 196 g/mol. The fourth-order valence-electron chi connectivity index (χ4n) is 1.11. The number of rotatable bonds is 2. The number of aliphatic carboxylic acids is 1. The van der Waals surface area contributed by atoms with Gasteiger partial charge in [0.25, 0.3) is 0 Å². The minimum atomic E-state index is -1.59. The highest BCUT2D eigenvalue weighted by Crippen LogP contribution is 2.27. The van der Waals surface area contributed by atoms with Gasteiger partial charge in [-0.15, -0.1) is 0 Å². The number of anilines is 1. The predicted octanol–water partition coefficient (Wildman–Crippen LogP) is 0.233. The molecule has 1 rings (SSSR count). The van der Waals surface area contributed by atoms with Crippen LogP contribution >= 0.6 is 0 Å². The van der Waals surface area contributed by atoms with E-state index >= 15 is 0 Å². The molecule has 1 aromatic carbocycles. The standard InChI is InChI=1S/C9H12N2O3/c1-9(11,8(13)14)6-4-5(12)2-3-7(6)10/h2-4,12H,10-11H2,1H3,(H,13,14)/t9-/m0/s1. The Labute approximate surface area is 81.0 Å². The minimum absolute atomic E-state index is 0.0628. The first kappa shape index (κ1) is 10.3. The highest BCUT2D eigenvalue weighted by atomic mass is 16.4. The molecule has 0 saturated carbocycles. The van der Waals surface area contributed by atoms with E-state index in [1.807, 2.05) is 0 Å². The van der Waals surface area contributed by atoms with Crippen LogP contribution in [0.3, 0.4) is 0 Å². The normalized spacial score (nSPS) is 14.7. The molecule has 1 aromatic rings.